The maximum Gasteiger partial charge on any atom is 0.339 e. The predicted octanol–water partition coefficient (Wildman–Crippen LogP) is 1.64. The molecule has 2 aromatic rings. The van der Waals surface area contributed by atoms with Crippen molar-refractivity contribution in [3.63, 3.8) is 0 Å². The van der Waals surface area contributed by atoms with Crippen molar-refractivity contribution in [2.75, 3.05) is 5.32 Å². The molecule has 0 saturated carbocycles. The number of aromatic nitrogens is 1. The molecule has 1 heterocycles. The number of para-hydroxylation sites is 1. The summed E-state index contributed by atoms with van der Waals surface area (Å²) in [6.45, 7) is 1.56. The van der Waals surface area contributed by atoms with Crippen LogP contribution in [0.3, 0.4) is 0 Å². The highest BCUT2D eigenvalue weighted by atomic mass is 16.5. The van der Waals surface area contributed by atoms with Gasteiger partial charge in [0, 0.05) is 0 Å². The van der Waals surface area contributed by atoms with Gasteiger partial charge in [0.05, 0.1) is 11.9 Å². The number of hydrogen-bond acceptors (Lipinski definition) is 5. The number of anilines is 1. The molecule has 0 saturated heterocycles. The van der Waals surface area contributed by atoms with Gasteiger partial charge in [0.15, 0.2) is 5.75 Å². The van der Waals surface area contributed by atoms with Crippen molar-refractivity contribution in [1.82, 2.24) is 5.16 Å². The summed E-state index contributed by atoms with van der Waals surface area (Å²) in [6, 6.07) is 4.04. The van der Waals surface area contributed by atoms with E-state index in [9.17, 15) is 14.7 Å². The van der Waals surface area contributed by atoms with E-state index < -0.39 is 17.6 Å². The molecule has 1 aromatic heterocycles. The number of rotatable bonds is 3. The molecule has 0 bridgehead atoms. The van der Waals surface area contributed by atoms with Gasteiger partial charge in [0.2, 0.25) is 0 Å². The zero-order valence-corrected chi connectivity index (χ0v) is 9.88. The predicted molar refractivity (Wildman–Crippen MR) is 64.3 cm³/mol. The number of nitrogens with one attached hydrogen (secondary N) is 1. The number of phenols is 1. The molecule has 0 fully saturated rings. The Balaban J connectivity index is 2.30. The van der Waals surface area contributed by atoms with Gasteiger partial charge in [-0.1, -0.05) is 11.2 Å². The summed E-state index contributed by atoms with van der Waals surface area (Å²) in [5.74, 6) is -2.00. The zero-order valence-electron chi connectivity index (χ0n) is 9.88. The Hall–Kier alpha value is -2.83. The van der Waals surface area contributed by atoms with Gasteiger partial charge in [-0.05, 0) is 19.1 Å². The van der Waals surface area contributed by atoms with Crippen LogP contribution in [0.15, 0.2) is 28.9 Å². The maximum atomic E-state index is 11.9. The van der Waals surface area contributed by atoms with Crippen LogP contribution < -0.4 is 5.32 Å². The Morgan fingerprint density at radius 1 is 1.32 bits per heavy atom. The lowest BCUT2D eigenvalue weighted by molar-refractivity contribution is 0.0693. The van der Waals surface area contributed by atoms with Gasteiger partial charge in [-0.25, -0.2) is 4.79 Å². The molecule has 0 aliphatic heterocycles. The second-order valence-corrected chi connectivity index (χ2v) is 3.76. The molecular formula is C12H10N2O5. The molecule has 0 aliphatic carbocycles. The van der Waals surface area contributed by atoms with E-state index in [4.69, 9.17) is 9.63 Å². The standard InChI is InChI=1S/C12H10N2O5/c1-6-8(5-13-19-6)11(16)14-9-4-2-3-7(10(9)15)12(17)18/h2-5,15H,1H3,(H,14,16)(H,17,18). The Bertz CT molecular complexity index is 647. The number of benzene rings is 1. The number of aromatic hydroxyl groups is 1. The average molecular weight is 262 g/mol. The van der Waals surface area contributed by atoms with Gasteiger partial charge < -0.3 is 20.1 Å². The fourth-order valence-electron chi connectivity index (χ4n) is 1.52. The Morgan fingerprint density at radius 2 is 2.05 bits per heavy atom. The fraction of sp³-hybridized carbons (Fsp3) is 0.0833. The quantitative estimate of drug-likeness (QED) is 0.725. The molecular weight excluding hydrogens is 252 g/mol. The van der Waals surface area contributed by atoms with Crippen LogP contribution in [0.1, 0.15) is 26.5 Å². The van der Waals surface area contributed by atoms with Crippen molar-refractivity contribution in [2.45, 2.75) is 6.92 Å². The lowest BCUT2D eigenvalue weighted by atomic mass is 10.1. The maximum absolute atomic E-state index is 11.9. The van der Waals surface area contributed by atoms with E-state index in [1.54, 1.807) is 6.92 Å². The van der Waals surface area contributed by atoms with E-state index in [0.29, 0.717) is 5.76 Å². The van der Waals surface area contributed by atoms with Crippen LogP contribution in [0.25, 0.3) is 0 Å². The molecule has 2 rings (SSSR count). The Morgan fingerprint density at radius 3 is 2.63 bits per heavy atom. The number of nitrogens with zero attached hydrogens (tertiary/aromatic N) is 1. The van der Waals surface area contributed by atoms with Crippen molar-refractivity contribution in [2.24, 2.45) is 0 Å². The van der Waals surface area contributed by atoms with E-state index >= 15 is 0 Å². The van der Waals surface area contributed by atoms with Crippen LogP contribution in [-0.4, -0.2) is 27.2 Å². The van der Waals surface area contributed by atoms with Crippen molar-refractivity contribution < 1.29 is 24.3 Å². The highest BCUT2D eigenvalue weighted by Crippen LogP contribution is 2.28. The molecule has 1 amide bonds. The first-order chi connectivity index (χ1) is 9.00. The largest absolute Gasteiger partial charge is 0.505 e. The molecule has 7 nitrogen and oxygen atoms in total. The smallest absolute Gasteiger partial charge is 0.339 e. The first-order valence-electron chi connectivity index (χ1n) is 5.28. The summed E-state index contributed by atoms with van der Waals surface area (Å²) in [5, 5.41) is 24.5. The number of aryl methyl sites for hydroxylation is 1. The number of hydrogen-bond donors (Lipinski definition) is 3. The van der Waals surface area contributed by atoms with Crippen LogP contribution in [-0.2, 0) is 0 Å². The molecule has 19 heavy (non-hydrogen) atoms. The minimum absolute atomic E-state index is 0.00509. The third kappa shape index (κ3) is 2.39. The first-order valence-corrected chi connectivity index (χ1v) is 5.28. The van der Waals surface area contributed by atoms with Gasteiger partial charge in [-0.2, -0.15) is 0 Å². The molecule has 0 atom stereocenters. The van der Waals surface area contributed by atoms with Crippen molar-refractivity contribution in [3.8, 4) is 5.75 Å². The summed E-state index contributed by atoms with van der Waals surface area (Å²) >= 11 is 0. The Kier molecular flexibility index (Phi) is 3.19. The van der Waals surface area contributed by atoms with Gasteiger partial charge in [0.25, 0.3) is 5.91 Å². The van der Waals surface area contributed by atoms with Gasteiger partial charge in [-0.3, -0.25) is 4.79 Å². The molecule has 3 N–H and O–H groups in total. The molecule has 98 valence electrons. The van der Waals surface area contributed by atoms with E-state index in [0.717, 1.165) is 0 Å². The summed E-state index contributed by atoms with van der Waals surface area (Å²) in [7, 11) is 0. The third-order valence-electron chi connectivity index (χ3n) is 2.51. The number of carboxylic acids is 1. The fourth-order valence-corrected chi connectivity index (χ4v) is 1.52. The lowest BCUT2D eigenvalue weighted by Crippen LogP contribution is -2.13. The first kappa shape index (κ1) is 12.6. The van der Waals surface area contributed by atoms with Crippen molar-refractivity contribution >= 4 is 17.6 Å². The SMILES string of the molecule is Cc1oncc1C(=O)Nc1cccc(C(=O)O)c1O. The minimum Gasteiger partial charge on any atom is -0.505 e. The molecule has 7 heteroatoms. The second kappa shape index (κ2) is 4.81. The van der Waals surface area contributed by atoms with Crippen LogP contribution in [0.4, 0.5) is 5.69 Å². The summed E-state index contributed by atoms with van der Waals surface area (Å²) in [6.07, 6.45) is 1.24. The summed E-state index contributed by atoms with van der Waals surface area (Å²) < 4.78 is 4.75. The number of carboxylic acid groups (broad SMARTS) is 1. The number of carbonyl (C=O) groups is 2. The monoisotopic (exact) mass is 262 g/mol. The van der Waals surface area contributed by atoms with Gasteiger partial charge in [-0.15, -0.1) is 0 Å². The zero-order chi connectivity index (χ0) is 14.0. The second-order valence-electron chi connectivity index (χ2n) is 3.76. The van der Waals surface area contributed by atoms with Crippen molar-refractivity contribution in [3.05, 3.63) is 41.3 Å². The van der Waals surface area contributed by atoms with Crippen LogP contribution in [0, 0.1) is 6.92 Å². The molecule has 0 spiro atoms. The average Bonchev–Trinajstić information content (AvgIpc) is 2.77. The Labute approximate surface area is 107 Å². The highest BCUT2D eigenvalue weighted by Gasteiger charge is 2.17. The van der Waals surface area contributed by atoms with E-state index in [1.807, 2.05) is 0 Å². The number of aromatic carboxylic acids is 1. The molecule has 1 aromatic carbocycles. The summed E-state index contributed by atoms with van der Waals surface area (Å²) in [4.78, 5) is 22.7. The topological polar surface area (TPSA) is 113 Å². The minimum atomic E-state index is -1.28. The summed E-state index contributed by atoms with van der Waals surface area (Å²) in [5.41, 5.74) is -0.0783. The third-order valence-corrected chi connectivity index (χ3v) is 2.51. The molecule has 0 radical (unpaired) electrons. The van der Waals surface area contributed by atoms with Crippen LogP contribution in [0.2, 0.25) is 0 Å². The lowest BCUT2D eigenvalue weighted by Gasteiger charge is -2.08. The van der Waals surface area contributed by atoms with Crippen molar-refractivity contribution in [1.29, 1.82) is 0 Å². The van der Waals surface area contributed by atoms with E-state index in [2.05, 4.69) is 10.5 Å². The van der Waals surface area contributed by atoms with Gasteiger partial charge in [0.1, 0.15) is 16.9 Å². The number of carbonyl (C=O) groups excluding carboxylic acids is 1. The van der Waals surface area contributed by atoms with Gasteiger partial charge >= 0.3 is 5.97 Å². The van der Waals surface area contributed by atoms with E-state index in [1.165, 1.54) is 24.4 Å². The molecule has 0 aliphatic rings. The number of amides is 1. The van der Waals surface area contributed by atoms with Crippen LogP contribution in [0.5, 0.6) is 5.75 Å². The normalized spacial score (nSPS) is 10.2. The molecule has 0 unspecified atom stereocenters. The van der Waals surface area contributed by atoms with E-state index in [-0.39, 0.29) is 16.8 Å². The van der Waals surface area contributed by atoms with Crippen LogP contribution >= 0.6 is 0 Å². The highest BCUT2D eigenvalue weighted by molar-refractivity contribution is 6.06.